The number of halogens is 1. The predicted octanol–water partition coefficient (Wildman–Crippen LogP) is 2.11. The molecule has 0 radical (unpaired) electrons. The van der Waals surface area contributed by atoms with E-state index in [0.29, 0.717) is 36.4 Å². The van der Waals surface area contributed by atoms with Crippen LogP contribution in [0.4, 0.5) is 10.1 Å². The van der Waals surface area contributed by atoms with Gasteiger partial charge >= 0.3 is 5.69 Å². The zero-order chi connectivity index (χ0) is 21.6. The summed E-state index contributed by atoms with van der Waals surface area (Å²) in [4.78, 5) is 10.3. The summed E-state index contributed by atoms with van der Waals surface area (Å²) >= 11 is 0. The number of hydrogen-bond acceptors (Lipinski definition) is 6. The van der Waals surface area contributed by atoms with Gasteiger partial charge in [-0.3, -0.25) is 10.1 Å². The summed E-state index contributed by atoms with van der Waals surface area (Å²) in [6.45, 7) is 8.90. The van der Waals surface area contributed by atoms with Gasteiger partial charge in [0.2, 0.25) is 5.82 Å². The van der Waals surface area contributed by atoms with Crippen molar-refractivity contribution in [1.29, 1.82) is 0 Å². The van der Waals surface area contributed by atoms with Crippen LogP contribution in [-0.4, -0.2) is 58.7 Å². The molecule has 3 N–H and O–H groups in total. The fourth-order valence-electron chi connectivity index (χ4n) is 3.11. The summed E-state index contributed by atoms with van der Waals surface area (Å²) in [5, 5.41) is 34.8. The third-order valence-corrected chi connectivity index (χ3v) is 4.69. The van der Waals surface area contributed by atoms with E-state index < -0.39 is 27.9 Å². The van der Waals surface area contributed by atoms with E-state index in [1.165, 1.54) is 6.07 Å². The number of aromatic nitrogens is 1. The molecule has 2 rings (SSSR count). The number of aliphatic hydroxyl groups excluding tert-OH is 2. The Balaban J connectivity index is 2.27. The lowest BCUT2D eigenvalue weighted by Crippen LogP contribution is -2.34. The Bertz CT molecular complexity index is 865. The minimum Gasteiger partial charge on any atom is -0.395 e. The Hall–Kier alpha value is -2.33. The van der Waals surface area contributed by atoms with Gasteiger partial charge in [-0.2, -0.15) is 4.39 Å². The first-order valence-corrected chi connectivity index (χ1v) is 9.37. The number of nitrogens with zero attached hydrogens (tertiary/aromatic N) is 2. The van der Waals surface area contributed by atoms with Gasteiger partial charge in [-0.15, -0.1) is 6.58 Å². The number of aliphatic hydroxyl groups is 2. The molecule has 8 nitrogen and oxygen atoms in total. The van der Waals surface area contributed by atoms with Gasteiger partial charge < -0.3 is 24.8 Å². The van der Waals surface area contributed by atoms with Gasteiger partial charge in [0.25, 0.3) is 0 Å². The fraction of sp³-hybridized carbons (Fsp3) is 0.500. The van der Waals surface area contributed by atoms with E-state index >= 15 is 0 Å². The Kier molecular flexibility index (Phi) is 7.86. The zero-order valence-corrected chi connectivity index (χ0v) is 16.7. The molecule has 2 aromatic rings. The normalized spacial score (nSPS) is 13.0. The van der Waals surface area contributed by atoms with Crippen molar-refractivity contribution in [3.8, 4) is 0 Å². The standard InChI is InChI=1S/C20H28FN3O5/c1-4-6-29-7-5-22-11-15(26)12-23-17-10-16(21)18(24(27)28)8-14(17)9-19(23)20(2,3)13-25/h4,8-10,15,22,25-26H,1,5-7,11-13H2,2-3H3. The van der Waals surface area contributed by atoms with Crippen LogP contribution in [0.15, 0.2) is 30.9 Å². The van der Waals surface area contributed by atoms with Crippen molar-refractivity contribution in [2.24, 2.45) is 0 Å². The van der Waals surface area contributed by atoms with Crippen LogP contribution >= 0.6 is 0 Å². The summed E-state index contributed by atoms with van der Waals surface area (Å²) in [5.41, 5.74) is -0.207. The number of hydrogen-bond donors (Lipinski definition) is 3. The molecule has 0 saturated carbocycles. The van der Waals surface area contributed by atoms with Gasteiger partial charge in [-0.1, -0.05) is 19.9 Å². The van der Waals surface area contributed by atoms with Crippen molar-refractivity contribution in [1.82, 2.24) is 9.88 Å². The molecule has 1 aromatic carbocycles. The molecule has 1 aromatic heterocycles. The monoisotopic (exact) mass is 409 g/mol. The quantitative estimate of drug-likeness (QED) is 0.214. The first-order valence-electron chi connectivity index (χ1n) is 9.37. The van der Waals surface area contributed by atoms with Crippen molar-refractivity contribution in [2.45, 2.75) is 31.9 Å². The van der Waals surface area contributed by atoms with E-state index in [1.54, 1.807) is 16.7 Å². The van der Waals surface area contributed by atoms with Crippen LogP contribution in [0.2, 0.25) is 0 Å². The zero-order valence-electron chi connectivity index (χ0n) is 16.7. The summed E-state index contributed by atoms with van der Waals surface area (Å²) < 4.78 is 21.2. The van der Waals surface area contributed by atoms with Crippen molar-refractivity contribution < 1.29 is 24.3 Å². The maximum absolute atomic E-state index is 14.2. The van der Waals surface area contributed by atoms with Crippen LogP contribution in [0.1, 0.15) is 19.5 Å². The largest absolute Gasteiger partial charge is 0.395 e. The minimum absolute atomic E-state index is 0.139. The molecule has 0 aliphatic heterocycles. The maximum Gasteiger partial charge on any atom is 0.305 e. The fourth-order valence-corrected chi connectivity index (χ4v) is 3.11. The average Bonchev–Trinajstić information content (AvgIpc) is 3.02. The first kappa shape index (κ1) is 23.0. The highest BCUT2D eigenvalue weighted by Crippen LogP contribution is 2.33. The first-order chi connectivity index (χ1) is 13.7. The van der Waals surface area contributed by atoms with Gasteiger partial charge in [-0.05, 0) is 6.07 Å². The topological polar surface area (TPSA) is 110 Å². The van der Waals surface area contributed by atoms with Crippen molar-refractivity contribution >= 4 is 16.6 Å². The molecule has 1 heterocycles. The Labute approximate surface area is 168 Å². The van der Waals surface area contributed by atoms with Crippen molar-refractivity contribution in [2.75, 3.05) is 32.9 Å². The third-order valence-electron chi connectivity index (χ3n) is 4.69. The lowest BCUT2D eigenvalue weighted by Gasteiger charge is -2.26. The number of nitro groups is 1. The molecule has 29 heavy (non-hydrogen) atoms. The molecule has 0 bridgehead atoms. The Morgan fingerprint density at radius 3 is 2.79 bits per heavy atom. The molecule has 1 atom stereocenters. The molecule has 0 amide bonds. The highest BCUT2D eigenvalue weighted by molar-refractivity contribution is 5.84. The Morgan fingerprint density at radius 2 is 2.17 bits per heavy atom. The van der Waals surface area contributed by atoms with Gasteiger partial charge in [0, 0.05) is 41.7 Å². The van der Waals surface area contributed by atoms with Crippen LogP contribution in [0.3, 0.4) is 0 Å². The molecule has 0 aliphatic rings. The van der Waals surface area contributed by atoms with E-state index in [-0.39, 0.29) is 19.7 Å². The molecule has 1 unspecified atom stereocenters. The lowest BCUT2D eigenvalue weighted by atomic mass is 9.90. The van der Waals surface area contributed by atoms with Crippen molar-refractivity contribution in [3.05, 3.63) is 52.5 Å². The van der Waals surface area contributed by atoms with E-state index in [9.17, 15) is 24.7 Å². The number of rotatable bonds is 12. The van der Waals surface area contributed by atoms with Crippen molar-refractivity contribution in [3.63, 3.8) is 0 Å². The third kappa shape index (κ3) is 5.60. The number of fused-ring (bicyclic) bond motifs is 1. The van der Waals surface area contributed by atoms with Gasteiger partial charge in [-0.25, -0.2) is 0 Å². The summed E-state index contributed by atoms with van der Waals surface area (Å²) in [6.07, 6.45) is 0.858. The number of benzene rings is 1. The van der Waals surface area contributed by atoms with E-state index in [1.807, 2.05) is 13.8 Å². The predicted molar refractivity (Wildman–Crippen MR) is 109 cm³/mol. The van der Waals surface area contributed by atoms with Gasteiger partial charge in [0.05, 0.1) is 42.9 Å². The van der Waals surface area contributed by atoms with Gasteiger partial charge in [0.1, 0.15) is 0 Å². The second-order valence-corrected chi connectivity index (χ2v) is 7.52. The van der Waals surface area contributed by atoms with Gasteiger partial charge in [0.15, 0.2) is 0 Å². The summed E-state index contributed by atoms with van der Waals surface area (Å²) in [6, 6.07) is 3.98. The second kappa shape index (κ2) is 9.93. The number of nitrogens with one attached hydrogen (secondary N) is 1. The molecule has 0 spiro atoms. The van der Waals surface area contributed by atoms with E-state index in [0.717, 1.165) is 6.07 Å². The maximum atomic E-state index is 14.2. The average molecular weight is 409 g/mol. The van der Waals surface area contributed by atoms with Crippen LogP contribution in [0.25, 0.3) is 10.9 Å². The molecule has 9 heteroatoms. The molecular formula is C20H28FN3O5. The van der Waals surface area contributed by atoms with Crippen LogP contribution in [0.5, 0.6) is 0 Å². The highest BCUT2D eigenvalue weighted by atomic mass is 19.1. The Morgan fingerprint density at radius 1 is 1.45 bits per heavy atom. The number of nitro benzene ring substituents is 1. The molecule has 0 saturated heterocycles. The minimum atomic E-state index is -0.942. The lowest BCUT2D eigenvalue weighted by molar-refractivity contribution is -0.387. The van der Waals surface area contributed by atoms with Crippen LogP contribution in [-0.2, 0) is 16.7 Å². The van der Waals surface area contributed by atoms with Crippen LogP contribution in [0, 0.1) is 15.9 Å². The SMILES string of the molecule is C=CCOCCNCC(O)Cn1c(C(C)(C)CO)cc2cc([N+](=O)[O-])c(F)cc21. The smallest absolute Gasteiger partial charge is 0.305 e. The summed E-state index contributed by atoms with van der Waals surface area (Å²) in [7, 11) is 0. The van der Waals surface area contributed by atoms with E-state index in [4.69, 9.17) is 4.74 Å². The molecule has 160 valence electrons. The molecular weight excluding hydrogens is 381 g/mol. The number of ether oxygens (including phenoxy) is 1. The van der Waals surface area contributed by atoms with Crippen LogP contribution < -0.4 is 5.32 Å². The highest BCUT2D eigenvalue weighted by Gasteiger charge is 2.28. The second-order valence-electron chi connectivity index (χ2n) is 7.52. The van der Waals surface area contributed by atoms with E-state index in [2.05, 4.69) is 11.9 Å². The molecule has 0 aliphatic carbocycles. The molecule has 0 fully saturated rings. The summed E-state index contributed by atoms with van der Waals surface area (Å²) in [5.74, 6) is -0.942.